The number of carbonyl (C=O) groups excluding carboxylic acids is 1. The minimum Gasteiger partial charge on any atom is -0.356 e. The summed E-state index contributed by atoms with van der Waals surface area (Å²) in [6.07, 6.45) is 1.77. The lowest BCUT2D eigenvalue weighted by Gasteiger charge is -2.22. The number of carbonyl (C=O) groups is 1. The second kappa shape index (κ2) is 3.24. The molecule has 1 aromatic rings. The molecule has 0 saturated heterocycles. The van der Waals surface area contributed by atoms with Crippen LogP contribution in [-0.2, 0) is 15.5 Å². The van der Waals surface area contributed by atoms with E-state index < -0.39 is 9.05 Å². The molecule has 82 valence electrons. The van der Waals surface area contributed by atoms with Crippen LogP contribution in [0.5, 0.6) is 0 Å². The molecule has 5 nitrogen and oxygen atoms in total. The number of amides is 1. The number of nitrogens with zero attached hydrogens (tertiary/aromatic N) is 1. The van der Waals surface area contributed by atoms with Gasteiger partial charge in [-0.1, -0.05) is 0 Å². The molecule has 0 atom stereocenters. The number of halogens is 1. The maximum atomic E-state index is 11.6. The Balaban J connectivity index is 2.59. The van der Waals surface area contributed by atoms with Gasteiger partial charge in [-0.15, -0.1) is 0 Å². The predicted molar refractivity (Wildman–Crippen MR) is 54.5 cm³/mol. The van der Waals surface area contributed by atoms with Crippen molar-refractivity contribution in [2.75, 3.05) is 13.6 Å². The molecular weight excluding hydrogens is 240 g/mol. The normalized spacial score (nSPS) is 16.7. The highest BCUT2D eigenvalue weighted by atomic mass is 35.7. The summed E-state index contributed by atoms with van der Waals surface area (Å²) in [4.78, 5) is 15.8. The number of aromatic nitrogens is 1. The largest absolute Gasteiger partial charge is 0.356 e. The quantitative estimate of drug-likeness (QED) is 0.739. The van der Waals surface area contributed by atoms with E-state index in [0.29, 0.717) is 24.2 Å². The monoisotopic (exact) mass is 248 g/mol. The zero-order chi connectivity index (χ0) is 11.2. The van der Waals surface area contributed by atoms with E-state index in [1.165, 1.54) is 11.1 Å². The van der Waals surface area contributed by atoms with E-state index in [4.69, 9.17) is 10.7 Å². The van der Waals surface area contributed by atoms with E-state index >= 15 is 0 Å². The van der Waals surface area contributed by atoms with E-state index in [0.717, 1.165) is 0 Å². The molecule has 2 heterocycles. The van der Waals surface area contributed by atoms with Crippen molar-refractivity contribution < 1.29 is 13.2 Å². The van der Waals surface area contributed by atoms with Crippen LogP contribution in [0.2, 0.25) is 0 Å². The predicted octanol–water partition coefficient (Wildman–Crippen LogP) is 0.570. The molecule has 0 aromatic carbocycles. The number of aromatic amines is 1. The van der Waals surface area contributed by atoms with Gasteiger partial charge in [0.05, 0.1) is 0 Å². The molecule has 7 heteroatoms. The fourth-order valence-corrected chi connectivity index (χ4v) is 2.77. The highest BCUT2D eigenvalue weighted by Gasteiger charge is 2.29. The lowest BCUT2D eigenvalue weighted by atomic mass is 10.1. The van der Waals surface area contributed by atoms with Crippen molar-refractivity contribution in [3.05, 3.63) is 17.5 Å². The summed E-state index contributed by atoms with van der Waals surface area (Å²) in [5, 5.41) is 0. The van der Waals surface area contributed by atoms with Crippen molar-refractivity contribution in [3.8, 4) is 0 Å². The fraction of sp³-hybridized carbons (Fsp3) is 0.375. The van der Waals surface area contributed by atoms with Gasteiger partial charge in [0.2, 0.25) is 0 Å². The van der Waals surface area contributed by atoms with Crippen LogP contribution in [0.25, 0.3) is 0 Å². The van der Waals surface area contributed by atoms with Gasteiger partial charge in [0.25, 0.3) is 15.0 Å². The highest BCUT2D eigenvalue weighted by Crippen LogP contribution is 2.26. The number of hydrogen-bond acceptors (Lipinski definition) is 3. The average Bonchev–Trinajstić information content (AvgIpc) is 2.54. The summed E-state index contributed by atoms with van der Waals surface area (Å²) in [6.45, 7) is 0.503. The molecule has 1 aromatic heterocycles. The number of fused-ring (bicyclic) bond motifs is 1. The number of hydrogen-bond donors (Lipinski definition) is 1. The Labute approximate surface area is 91.4 Å². The SMILES string of the molecule is CN1CCc2c(S(=O)(=O)Cl)c[nH]c2C1=O. The zero-order valence-corrected chi connectivity index (χ0v) is 9.52. The number of nitrogens with one attached hydrogen (secondary N) is 1. The first-order valence-corrected chi connectivity index (χ1v) is 6.62. The topological polar surface area (TPSA) is 70.2 Å². The number of likely N-dealkylation sites (N-methyl/N-ethyl adjacent to an activating group) is 1. The number of H-pyrrole nitrogens is 1. The lowest BCUT2D eigenvalue weighted by molar-refractivity contribution is 0.0775. The Hall–Kier alpha value is -1.01. The van der Waals surface area contributed by atoms with Crippen molar-refractivity contribution in [1.82, 2.24) is 9.88 Å². The average molecular weight is 249 g/mol. The molecule has 0 bridgehead atoms. The zero-order valence-electron chi connectivity index (χ0n) is 7.95. The van der Waals surface area contributed by atoms with Crippen molar-refractivity contribution in [2.45, 2.75) is 11.3 Å². The number of rotatable bonds is 1. The van der Waals surface area contributed by atoms with Gasteiger partial charge in [-0.25, -0.2) is 8.42 Å². The van der Waals surface area contributed by atoms with Gasteiger partial charge < -0.3 is 9.88 Å². The van der Waals surface area contributed by atoms with Crippen LogP contribution in [0.1, 0.15) is 16.1 Å². The van der Waals surface area contributed by atoms with E-state index in [9.17, 15) is 13.2 Å². The highest BCUT2D eigenvalue weighted by molar-refractivity contribution is 8.13. The van der Waals surface area contributed by atoms with Gasteiger partial charge in [0, 0.05) is 36.0 Å². The van der Waals surface area contributed by atoms with E-state index in [-0.39, 0.29) is 10.8 Å². The van der Waals surface area contributed by atoms with Gasteiger partial charge in [0.15, 0.2) is 0 Å². The summed E-state index contributed by atoms with van der Waals surface area (Å²) in [5.41, 5.74) is 0.816. The summed E-state index contributed by atoms with van der Waals surface area (Å²) in [7, 11) is 3.14. The molecule has 0 radical (unpaired) electrons. The molecule has 15 heavy (non-hydrogen) atoms. The maximum Gasteiger partial charge on any atom is 0.270 e. The third-order valence-corrected chi connectivity index (χ3v) is 3.86. The van der Waals surface area contributed by atoms with E-state index in [1.54, 1.807) is 7.05 Å². The first kappa shape index (κ1) is 10.5. The summed E-state index contributed by atoms with van der Waals surface area (Å²) in [6, 6.07) is 0. The smallest absolute Gasteiger partial charge is 0.270 e. The molecule has 0 saturated carbocycles. The molecule has 2 rings (SSSR count). The third-order valence-electron chi connectivity index (χ3n) is 2.47. The molecule has 0 spiro atoms. The second-order valence-corrected chi connectivity index (χ2v) is 5.96. The van der Waals surface area contributed by atoms with Crippen molar-refractivity contribution in [3.63, 3.8) is 0 Å². The van der Waals surface area contributed by atoms with Crippen LogP contribution in [0.4, 0.5) is 0 Å². The molecule has 1 N–H and O–H groups in total. The molecule has 1 aliphatic rings. The van der Waals surface area contributed by atoms with E-state index in [1.807, 2.05) is 0 Å². The van der Waals surface area contributed by atoms with Gasteiger partial charge in [-0.3, -0.25) is 4.79 Å². The Bertz CT molecular complexity index is 520. The minimum atomic E-state index is -3.77. The minimum absolute atomic E-state index is 0.0145. The summed E-state index contributed by atoms with van der Waals surface area (Å²) < 4.78 is 22.3. The summed E-state index contributed by atoms with van der Waals surface area (Å²) in [5.74, 6) is -0.206. The summed E-state index contributed by atoms with van der Waals surface area (Å²) >= 11 is 0. The lowest BCUT2D eigenvalue weighted by Crippen LogP contribution is -2.34. The van der Waals surface area contributed by atoms with Gasteiger partial charge in [-0.05, 0) is 6.42 Å². The van der Waals surface area contributed by atoms with E-state index in [2.05, 4.69) is 4.98 Å². The molecule has 0 aliphatic carbocycles. The molecule has 0 unspecified atom stereocenters. The Morgan fingerprint density at radius 3 is 2.80 bits per heavy atom. The fourth-order valence-electron chi connectivity index (χ4n) is 1.66. The Morgan fingerprint density at radius 2 is 2.20 bits per heavy atom. The molecule has 1 aliphatic heterocycles. The van der Waals surface area contributed by atoms with Gasteiger partial charge in [-0.2, -0.15) is 0 Å². The first-order chi connectivity index (χ1) is 6.91. The van der Waals surface area contributed by atoms with Crippen LogP contribution < -0.4 is 0 Å². The Kier molecular flexibility index (Phi) is 2.27. The molecular formula is C8H9ClN2O3S. The van der Waals surface area contributed by atoms with Crippen molar-refractivity contribution >= 4 is 25.6 Å². The van der Waals surface area contributed by atoms with Crippen LogP contribution in [0.3, 0.4) is 0 Å². The van der Waals surface area contributed by atoms with Crippen LogP contribution in [-0.4, -0.2) is 37.8 Å². The molecule has 1 amide bonds. The van der Waals surface area contributed by atoms with Crippen molar-refractivity contribution in [2.24, 2.45) is 0 Å². The third kappa shape index (κ3) is 1.63. The second-order valence-electron chi connectivity index (χ2n) is 3.42. The maximum absolute atomic E-state index is 11.6. The standard InChI is InChI=1S/C8H9ClN2O3S/c1-11-3-2-5-6(15(9,13)14)4-10-7(5)8(11)12/h4,10H,2-3H2,1H3. The first-order valence-electron chi connectivity index (χ1n) is 4.31. The van der Waals surface area contributed by atoms with Crippen LogP contribution in [0.15, 0.2) is 11.1 Å². The van der Waals surface area contributed by atoms with Crippen LogP contribution in [0, 0.1) is 0 Å². The Morgan fingerprint density at radius 1 is 1.53 bits per heavy atom. The van der Waals surface area contributed by atoms with Crippen LogP contribution >= 0.6 is 10.7 Å². The van der Waals surface area contributed by atoms with Crippen molar-refractivity contribution in [1.29, 1.82) is 0 Å². The molecule has 0 fully saturated rings. The van der Waals surface area contributed by atoms with Gasteiger partial charge >= 0.3 is 0 Å². The van der Waals surface area contributed by atoms with Gasteiger partial charge in [0.1, 0.15) is 10.6 Å².